The number of nitrogens with zero attached hydrogens (tertiary/aromatic N) is 1. The summed E-state index contributed by atoms with van der Waals surface area (Å²) in [5.74, 6) is 2.68. The summed E-state index contributed by atoms with van der Waals surface area (Å²) in [5, 5.41) is 13.8. The number of fused-ring (bicyclic) bond motifs is 5. The molecule has 0 heterocycles. The summed E-state index contributed by atoms with van der Waals surface area (Å²) in [6.45, 7) is 5.00. The lowest BCUT2D eigenvalue weighted by Gasteiger charge is -2.59. The predicted molar refractivity (Wildman–Crippen MR) is 99.2 cm³/mol. The maximum absolute atomic E-state index is 10.1. The van der Waals surface area contributed by atoms with E-state index in [1.54, 1.807) is 0 Å². The van der Waals surface area contributed by atoms with Crippen molar-refractivity contribution in [3.8, 4) is 0 Å². The Bertz CT molecular complexity index is 570. The number of allylic oxidation sites excluding steroid dienone is 1. The molecular formula is C21H34N2O. The van der Waals surface area contributed by atoms with Crippen LogP contribution in [0, 0.1) is 34.5 Å². The fraction of sp³-hybridized carbons (Fsp3) is 0.857. The van der Waals surface area contributed by atoms with Crippen LogP contribution in [0.4, 0.5) is 0 Å². The summed E-state index contributed by atoms with van der Waals surface area (Å²) in [5.41, 5.74) is 2.13. The van der Waals surface area contributed by atoms with Crippen molar-refractivity contribution in [2.45, 2.75) is 64.5 Å². The minimum Gasteiger partial charge on any atom is -0.389 e. The van der Waals surface area contributed by atoms with E-state index in [4.69, 9.17) is 4.99 Å². The first-order valence-corrected chi connectivity index (χ1v) is 9.94. The van der Waals surface area contributed by atoms with Crippen molar-refractivity contribution in [1.29, 1.82) is 0 Å². The van der Waals surface area contributed by atoms with Crippen molar-refractivity contribution >= 4 is 5.71 Å². The van der Waals surface area contributed by atoms with E-state index in [2.05, 4.69) is 38.4 Å². The molecule has 0 aromatic carbocycles. The molecule has 0 aromatic heterocycles. The van der Waals surface area contributed by atoms with E-state index >= 15 is 0 Å². The summed E-state index contributed by atoms with van der Waals surface area (Å²) in [7, 11) is 4.14. The van der Waals surface area contributed by atoms with Crippen molar-refractivity contribution in [3.63, 3.8) is 0 Å². The first kappa shape index (κ1) is 16.8. The first-order chi connectivity index (χ1) is 11.4. The van der Waals surface area contributed by atoms with Crippen LogP contribution < -0.4 is 5.32 Å². The lowest BCUT2D eigenvalue weighted by Crippen LogP contribution is -2.57. The highest BCUT2D eigenvalue weighted by atomic mass is 16.3. The van der Waals surface area contributed by atoms with Crippen LogP contribution in [0.15, 0.2) is 17.1 Å². The zero-order valence-corrected chi connectivity index (χ0v) is 15.8. The Labute approximate surface area is 147 Å². The zero-order valence-electron chi connectivity index (χ0n) is 15.8. The summed E-state index contributed by atoms with van der Waals surface area (Å²) in [4.78, 5) is 4.81. The van der Waals surface area contributed by atoms with Crippen molar-refractivity contribution in [2.24, 2.45) is 39.5 Å². The van der Waals surface area contributed by atoms with Crippen molar-refractivity contribution < 1.29 is 5.11 Å². The fourth-order valence-electron chi connectivity index (χ4n) is 7.21. The maximum atomic E-state index is 10.1. The summed E-state index contributed by atoms with van der Waals surface area (Å²) >= 11 is 0. The maximum Gasteiger partial charge on any atom is 0.0724 e. The van der Waals surface area contributed by atoms with Crippen molar-refractivity contribution in [3.05, 3.63) is 12.2 Å². The number of aliphatic imine (C=N–C) groups is 1. The minimum atomic E-state index is -0.258. The third-order valence-corrected chi connectivity index (χ3v) is 8.63. The van der Waals surface area contributed by atoms with Gasteiger partial charge in [-0.05, 0) is 74.2 Å². The van der Waals surface area contributed by atoms with Gasteiger partial charge in [0.15, 0.2) is 0 Å². The van der Waals surface area contributed by atoms with Crippen LogP contribution in [-0.2, 0) is 0 Å². The summed E-state index contributed by atoms with van der Waals surface area (Å²) < 4.78 is 0. The summed E-state index contributed by atoms with van der Waals surface area (Å²) in [6, 6.07) is 0.663. The fourth-order valence-corrected chi connectivity index (χ4v) is 7.21. The van der Waals surface area contributed by atoms with Crippen molar-refractivity contribution in [1.82, 2.24) is 5.32 Å². The Balaban J connectivity index is 1.74. The van der Waals surface area contributed by atoms with Crippen molar-refractivity contribution in [2.75, 3.05) is 14.1 Å². The molecule has 134 valence electrons. The van der Waals surface area contributed by atoms with Crippen LogP contribution in [0.2, 0.25) is 0 Å². The van der Waals surface area contributed by atoms with Gasteiger partial charge in [0.2, 0.25) is 0 Å². The van der Waals surface area contributed by atoms with Crippen LogP contribution >= 0.6 is 0 Å². The second-order valence-electron chi connectivity index (χ2n) is 9.35. The highest BCUT2D eigenvalue weighted by molar-refractivity contribution is 5.89. The Morgan fingerprint density at radius 1 is 1.21 bits per heavy atom. The van der Waals surface area contributed by atoms with Gasteiger partial charge in [0.05, 0.1) is 6.10 Å². The van der Waals surface area contributed by atoms with E-state index < -0.39 is 0 Å². The van der Waals surface area contributed by atoms with Gasteiger partial charge in [-0.3, -0.25) is 4.99 Å². The van der Waals surface area contributed by atoms with Gasteiger partial charge < -0.3 is 10.4 Å². The van der Waals surface area contributed by atoms with E-state index in [0.717, 1.165) is 18.8 Å². The quantitative estimate of drug-likeness (QED) is 0.724. The Kier molecular flexibility index (Phi) is 3.96. The molecule has 4 rings (SSSR count). The van der Waals surface area contributed by atoms with E-state index in [1.165, 1.54) is 31.4 Å². The zero-order chi connectivity index (χ0) is 17.1. The van der Waals surface area contributed by atoms with Gasteiger partial charge in [-0.1, -0.05) is 26.0 Å². The van der Waals surface area contributed by atoms with Gasteiger partial charge in [-0.2, -0.15) is 0 Å². The minimum absolute atomic E-state index is 0.247. The standard InChI is InChI=1S/C21H34N2O/c1-20-9-7-14(24)11-13(20)12-17(22-3)19-15-5-6-18(23-4)21(15,2)10-8-16(19)20/h7,9,13-16,18-19,23-24H,5-6,8,10-12H2,1-4H3/t13?,14?,15-,16+,18?,19-,20-,21-/m0/s1. The molecule has 3 saturated carbocycles. The predicted octanol–water partition coefficient (Wildman–Crippen LogP) is 3.43. The molecule has 4 aliphatic rings. The topological polar surface area (TPSA) is 44.6 Å². The van der Waals surface area contributed by atoms with Crippen LogP contribution in [0.25, 0.3) is 0 Å². The molecular weight excluding hydrogens is 296 g/mol. The van der Waals surface area contributed by atoms with Gasteiger partial charge in [0.1, 0.15) is 0 Å². The van der Waals surface area contributed by atoms with Gasteiger partial charge in [0, 0.05) is 24.7 Å². The average Bonchev–Trinajstić information content (AvgIpc) is 2.91. The highest BCUT2D eigenvalue weighted by Gasteiger charge is 2.61. The lowest BCUT2D eigenvalue weighted by atomic mass is 9.45. The van der Waals surface area contributed by atoms with E-state index in [9.17, 15) is 5.11 Å². The van der Waals surface area contributed by atoms with Crippen LogP contribution in [-0.4, -0.2) is 37.1 Å². The molecule has 4 aliphatic carbocycles. The molecule has 0 spiro atoms. The normalized spacial score (nSPS) is 55.1. The molecule has 0 aliphatic heterocycles. The average molecular weight is 331 g/mol. The molecule has 0 bridgehead atoms. The van der Waals surface area contributed by atoms with Crippen LogP contribution in [0.1, 0.15) is 52.4 Å². The second-order valence-corrected chi connectivity index (χ2v) is 9.35. The largest absolute Gasteiger partial charge is 0.389 e. The number of nitrogens with one attached hydrogen (secondary N) is 1. The van der Waals surface area contributed by atoms with Gasteiger partial charge in [-0.25, -0.2) is 0 Å². The molecule has 8 atom stereocenters. The van der Waals surface area contributed by atoms with Gasteiger partial charge >= 0.3 is 0 Å². The smallest absolute Gasteiger partial charge is 0.0724 e. The van der Waals surface area contributed by atoms with Gasteiger partial charge in [0.25, 0.3) is 0 Å². The first-order valence-electron chi connectivity index (χ1n) is 9.94. The molecule has 0 radical (unpaired) electrons. The summed E-state index contributed by atoms with van der Waals surface area (Å²) in [6.07, 6.45) is 11.5. The van der Waals surface area contributed by atoms with Crippen LogP contribution in [0.3, 0.4) is 0 Å². The molecule has 0 aromatic rings. The Morgan fingerprint density at radius 2 is 2.00 bits per heavy atom. The number of hydrogen-bond donors (Lipinski definition) is 2. The van der Waals surface area contributed by atoms with Crippen LogP contribution in [0.5, 0.6) is 0 Å². The Hall–Kier alpha value is -0.670. The number of aliphatic hydroxyl groups excluding tert-OH is 1. The van der Waals surface area contributed by atoms with E-state index in [1.807, 2.05) is 7.05 Å². The molecule has 24 heavy (non-hydrogen) atoms. The Morgan fingerprint density at radius 3 is 2.71 bits per heavy atom. The molecule has 3 fully saturated rings. The monoisotopic (exact) mass is 330 g/mol. The molecule has 0 amide bonds. The molecule has 3 unspecified atom stereocenters. The third kappa shape index (κ3) is 2.13. The van der Waals surface area contributed by atoms with E-state index in [-0.39, 0.29) is 11.5 Å². The molecule has 3 nitrogen and oxygen atoms in total. The van der Waals surface area contributed by atoms with Gasteiger partial charge in [-0.15, -0.1) is 0 Å². The highest BCUT2D eigenvalue weighted by Crippen LogP contribution is 2.64. The lowest BCUT2D eigenvalue weighted by molar-refractivity contribution is -0.0331. The number of rotatable bonds is 1. The molecule has 3 heteroatoms. The second kappa shape index (κ2) is 5.67. The third-order valence-electron chi connectivity index (χ3n) is 8.63. The molecule has 0 saturated heterocycles. The number of aliphatic hydroxyl groups is 1. The van der Waals surface area contributed by atoms with E-state index in [0.29, 0.717) is 29.2 Å². The molecule has 2 N–H and O–H groups in total. The number of hydrogen-bond acceptors (Lipinski definition) is 3. The SMILES string of the molecule is CN=C1CC2CC(O)C=C[C@]2(C)[C@@H]2CC[C@]3(C)C(NC)CC[C@H]3[C@H]12.